The van der Waals surface area contributed by atoms with E-state index in [1.54, 1.807) is 12.1 Å². The van der Waals surface area contributed by atoms with E-state index in [1.807, 2.05) is 41.3 Å². The van der Waals surface area contributed by atoms with Crippen molar-refractivity contribution in [2.24, 2.45) is 0 Å². The number of hydrogen-bond acceptors (Lipinski definition) is 3. The second-order valence-corrected chi connectivity index (χ2v) is 6.22. The molecule has 0 aliphatic carbocycles. The van der Waals surface area contributed by atoms with E-state index in [0.29, 0.717) is 11.3 Å². The Morgan fingerprint density at radius 3 is 2.30 bits per heavy atom. The number of hydrogen-bond donors (Lipinski definition) is 1. The summed E-state index contributed by atoms with van der Waals surface area (Å²) in [4.78, 5) is 16.8. The average Bonchev–Trinajstić information content (AvgIpc) is 2.57. The summed E-state index contributed by atoms with van der Waals surface area (Å²) >= 11 is 5.91. The Morgan fingerprint density at radius 1 is 1.00 bits per heavy atom. The maximum atomic E-state index is 12.5. The molecular weight excluding hydrogens is 310 g/mol. The zero-order chi connectivity index (χ0) is 16.2. The average molecular weight is 330 g/mol. The molecular formula is C18H20ClN3O. The minimum absolute atomic E-state index is 0.0224. The van der Waals surface area contributed by atoms with Crippen LogP contribution in [0.2, 0.25) is 5.02 Å². The van der Waals surface area contributed by atoms with Crippen molar-refractivity contribution < 1.29 is 4.79 Å². The molecule has 23 heavy (non-hydrogen) atoms. The number of carbonyl (C=O) groups excluding carboxylic acids is 1. The molecule has 2 aromatic rings. The number of para-hydroxylation sites is 1. The van der Waals surface area contributed by atoms with Crippen LogP contribution in [0.4, 0.5) is 5.69 Å². The molecule has 0 bridgehead atoms. The summed E-state index contributed by atoms with van der Waals surface area (Å²) in [6, 6.07) is 15.2. The number of nitrogens with zero attached hydrogens (tertiary/aromatic N) is 2. The lowest BCUT2D eigenvalue weighted by atomic mass is 10.1. The quantitative estimate of drug-likeness (QED) is 0.881. The van der Waals surface area contributed by atoms with Gasteiger partial charge in [0, 0.05) is 43.4 Å². The van der Waals surface area contributed by atoms with E-state index in [0.717, 1.165) is 37.7 Å². The van der Waals surface area contributed by atoms with Gasteiger partial charge in [0.05, 0.1) is 5.56 Å². The second kappa shape index (κ2) is 7.02. The van der Waals surface area contributed by atoms with Gasteiger partial charge < -0.3 is 10.6 Å². The fraction of sp³-hybridized carbons (Fsp3) is 0.278. The smallest absolute Gasteiger partial charge is 0.256 e. The van der Waals surface area contributed by atoms with E-state index in [2.05, 4.69) is 4.90 Å². The van der Waals surface area contributed by atoms with Crippen molar-refractivity contribution in [2.75, 3.05) is 31.9 Å². The topological polar surface area (TPSA) is 49.6 Å². The van der Waals surface area contributed by atoms with Gasteiger partial charge in [-0.15, -0.1) is 0 Å². The summed E-state index contributed by atoms with van der Waals surface area (Å²) in [7, 11) is 0. The highest BCUT2D eigenvalue weighted by Gasteiger charge is 2.23. The monoisotopic (exact) mass is 329 g/mol. The molecule has 2 aromatic carbocycles. The first kappa shape index (κ1) is 15.8. The molecule has 0 radical (unpaired) electrons. The Labute approximate surface area is 141 Å². The van der Waals surface area contributed by atoms with Crippen molar-refractivity contribution in [1.82, 2.24) is 9.80 Å². The highest BCUT2D eigenvalue weighted by atomic mass is 35.5. The van der Waals surface area contributed by atoms with E-state index in [1.165, 1.54) is 5.56 Å². The van der Waals surface area contributed by atoms with Crippen LogP contribution in [0.1, 0.15) is 15.9 Å². The van der Waals surface area contributed by atoms with Crippen LogP contribution in [0.5, 0.6) is 0 Å². The molecule has 1 amide bonds. The summed E-state index contributed by atoms with van der Waals surface area (Å²) in [5.74, 6) is 0.0224. The molecule has 0 unspecified atom stereocenters. The minimum atomic E-state index is 0.0224. The third kappa shape index (κ3) is 3.84. The molecule has 4 nitrogen and oxygen atoms in total. The van der Waals surface area contributed by atoms with Crippen LogP contribution < -0.4 is 5.73 Å². The summed E-state index contributed by atoms with van der Waals surface area (Å²) in [5, 5.41) is 0.754. The molecule has 1 fully saturated rings. The van der Waals surface area contributed by atoms with Crippen LogP contribution in [0.25, 0.3) is 0 Å². The van der Waals surface area contributed by atoms with Gasteiger partial charge in [0.15, 0.2) is 0 Å². The number of benzene rings is 2. The predicted molar refractivity (Wildman–Crippen MR) is 93.5 cm³/mol. The molecule has 1 aliphatic heterocycles. The number of nitrogen functional groups attached to an aromatic ring is 1. The first-order valence-electron chi connectivity index (χ1n) is 7.74. The van der Waals surface area contributed by atoms with Gasteiger partial charge in [-0.1, -0.05) is 35.9 Å². The summed E-state index contributed by atoms with van der Waals surface area (Å²) in [5.41, 5.74) is 8.28. The maximum absolute atomic E-state index is 12.5. The summed E-state index contributed by atoms with van der Waals surface area (Å²) in [6.07, 6.45) is 0. The number of carbonyl (C=O) groups is 1. The minimum Gasteiger partial charge on any atom is -0.398 e. The van der Waals surface area contributed by atoms with Crippen molar-refractivity contribution in [1.29, 1.82) is 0 Å². The number of amides is 1. The fourth-order valence-corrected chi connectivity index (χ4v) is 2.95. The molecule has 120 valence electrons. The van der Waals surface area contributed by atoms with Gasteiger partial charge in [-0.25, -0.2) is 0 Å². The van der Waals surface area contributed by atoms with Crippen LogP contribution >= 0.6 is 11.6 Å². The van der Waals surface area contributed by atoms with Gasteiger partial charge in [-0.3, -0.25) is 9.69 Å². The van der Waals surface area contributed by atoms with Crippen LogP contribution in [0.15, 0.2) is 48.5 Å². The van der Waals surface area contributed by atoms with Gasteiger partial charge >= 0.3 is 0 Å². The number of nitrogens with two attached hydrogens (primary N) is 1. The van der Waals surface area contributed by atoms with Crippen LogP contribution in [0.3, 0.4) is 0 Å². The first-order valence-corrected chi connectivity index (χ1v) is 8.12. The predicted octanol–water partition coefficient (Wildman–Crippen LogP) is 2.88. The fourth-order valence-electron chi connectivity index (χ4n) is 2.82. The molecule has 1 saturated heterocycles. The van der Waals surface area contributed by atoms with Crippen LogP contribution in [-0.4, -0.2) is 41.9 Å². The third-order valence-electron chi connectivity index (χ3n) is 4.17. The Morgan fingerprint density at radius 2 is 1.65 bits per heavy atom. The Balaban J connectivity index is 1.57. The normalized spacial score (nSPS) is 15.6. The van der Waals surface area contributed by atoms with Gasteiger partial charge in [-0.2, -0.15) is 0 Å². The molecule has 3 rings (SSSR count). The molecule has 2 N–H and O–H groups in total. The van der Waals surface area contributed by atoms with E-state index < -0.39 is 0 Å². The van der Waals surface area contributed by atoms with Crippen molar-refractivity contribution in [3.8, 4) is 0 Å². The standard InChI is InChI=1S/C18H20ClN3O/c19-15-7-5-14(6-8-15)13-21-9-11-22(12-10-21)18(23)16-3-1-2-4-17(16)20/h1-8H,9-13,20H2. The molecule has 0 aromatic heterocycles. The molecule has 0 spiro atoms. The number of anilines is 1. The van der Waals surface area contributed by atoms with Crippen LogP contribution in [-0.2, 0) is 6.54 Å². The van der Waals surface area contributed by atoms with Gasteiger partial charge in [0.2, 0.25) is 0 Å². The lowest BCUT2D eigenvalue weighted by Gasteiger charge is -2.35. The van der Waals surface area contributed by atoms with Crippen molar-refractivity contribution in [3.63, 3.8) is 0 Å². The largest absolute Gasteiger partial charge is 0.398 e. The number of rotatable bonds is 3. The zero-order valence-electron chi connectivity index (χ0n) is 12.9. The molecule has 5 heteroatoms. The molecule has 0 saturated carbocycles. The maximum Gasteiger partial charge on any atom is 0.256 e. The Hall–Kier alpha value is -2.04. The molecule has 1 aliphatic rings. The Bertz CT molecular complexity index is 679. The highest BCUT2D eigenvalue weighted by molar-refractivity contribution is 6.30. The molecule has 1 heterocycles. The van der Waals surface area contributed by atoms with Gasteiger partial charge in [0.25, 0.3) is 5.91 Å². The van der Waals surface area contributed by atoms with E-state index in [9.17, 15) is 4.79 Å². The third-order valence-corrected chi connectivity index (χ3v) is 4.42. The van der Waals surface area contributed by atoms with Gasteiger partial charge in [0.1, 0.15) is 0 Å². The van der Waals surface area contributed by atoms with Crippen LogP contribution in [0, 0.1) is 0 Å². The van der Waals surface area contributed by atoms with E-state index in [-0.39, 0.29) is 5.91 Å². The summed E-state index contributed by atoms with van der Waals surface area (Å²) in [6.45, 7) is 4.05. The zero-order valence-corrected chi connectivity index (χ0v) is 13.7. The van der Waals surface area contributed by atoms with Crippen molar-refractivity contribution >= 4 is 23.2 Å². The lowest BCUT2D eigenvalue weighted by Crippen LogP contribution is -2.48. The van der Waals surface area contributed by atoms with E-state index >= 15 is 0 Å². The van der Waals surface area contributed by atoms with E-state index in [4.69, 9.17) is 17.3 Å². The SMILES string of the molecule is Nc1ccccc1C(=O)N1CCN(Cc2ccc(Cl)cc2)CC1. The van der Waals surface area contributed by atoms with Crippen molar-refractivity contribution in [2.45, 2.75) is 6.54 Å². The number of halogens is 1. The first-order chi connectivity index (χ1) is 11.1. The summed E-state index contributed by atoms with van der Waals surface area (Å²) < 4.78 is 0. The van der Waals surface area contributed by atoms with Gasteiger partial charge in [-0.05, 0) is 29.8 Å². The van der Waals surface area contributed by atoms with Crippen molar-refractivity contribution in [3.05, 3.63) is 64.7 Å². The second-order valence-electron chi connectivity index (χ2n) is 5.78. The highest BCUT2D eigenvalue weighted by Crippen LogP contribution is 2.16. The number of piperazine rings is 1. The lowest BCUT2D eigenvalue weighted by molar-refractivity contribution is 0.0629. The Kier molecular flexibility index (Phi) is 4.84. The molecule has 0 atom stereocenters.